The summed E-state index contributed by atoms with van der Waals surface area (Å²) in [5.74, 6) is 0.741. The van der Waals surface area contributed by atoms with Crippen molar-refractivity contribution in [3.63, 3.8) is 0 Å². The van der Waals surface area contributed by atoms with Crippen molar-refractivity contribution < 1.29 is 14.2 Å². The van der Waals surface area contributed by atoms with Gasteiger partial charge >= 0.3 is 0 Å². The highest BCUT2D eigenvalue weighted by Gasteiger charge is 2.43. The van der Waals surface area contributed by atoms with Crippen LogP contribution in [-0.2, 0) is 14.2 Å². The minimum absolute atomic E-state index is 0.0468. The minimum atomic E-state index is 0.0468. The maximum Gasteiger partial charge on any atom is 0.0989 e. The summed E-state index contributed by atoms with van der Waals surface area (Å²) in [6.45, 7) is 8.23. The van der Waals surface area contributed by atoms with Crippen molar-refractivity contribution in [1.29, 1.82) is 0 Å². The van der Waals surface area contributed by atoms with Gasteiger partial charge in [-0.2, -0.15) is 0 Å². The third-order valence-corrected chi connectivity index (χ3v) is 4.60. The maximum absolute atomic E-state index is 6.30. The number of nitrogens with two attached hydrogens (primary N) is 1. The lowest BCUT2D eigenvalue weighted by Gasteiger charge is -2.46. The normalized spacial score (nSPS) is 40.4. The van der Waals surface area contributed by atoms with Gasteiger partial charge in [-0.15, -0.1) is 0 Å². The van der Waals surface area contributed by atoms with Crippen molar-refractivity contribution in [3.05, 3.63) is 0 Å². The monoisotopic (exact) mass is 285 g/mol. The highest BCUT2D eigenvalue weighted by Crippen LogP contribution is 2.41. The molecule has 0 saturated heterocycles. The second kappa shape index (κ2) is 6.73. The first kappa shape index (κ1) is 16.2. The molecule has 0 heterocycles. The van der Waals surface area contributed by atoms with Crippen LogP contribution < -0.4 is 5.73 Å². The van der Waals surface area contributed by atoms with Gasteiger partial charge in [0.05, 0.1) is 31.5 Å². The molecule has 118 valence electrons. The Hall–Kier alpha value is -0.160. The molecule has 2 aliphatic rings. The molecule has 4 heteroatoms. The SMILES string of the molecule is COCCOC1C(N)CC1OC1CC(C)CC(C)(C)C1. The van der Waals surface area contributed by atoms with E-state index in [-0.39, 0.29) is 18.2 Å². The standard InChI is InChI=1S/C16H31NO3/c1-11-7-12(10-16(2,3)9-11)20-14-8-13(17)15(14)19-6-5-18-4/h11-15H,5-10,17H2,1-4H3. The van der Waals surface area contributed by atoms with Crippen molar-refractivity contribution in [2.75, 3.05) is 20.3 Å². The quantitative estimate of drug-likeness (QED) is 0.761. The fourth-order valence-corrected chi connectivity index (χ4v) is 3.86. The first-order valence-corrected chi connectivity index (χ1v) is 7.93. The average Bonchev–Trinajstić information content (AvgIpc) is 2.31. The average molecular weight is 285 g/mol. The summed E-state index contributed by atoms with van der Waals surface area (Å²) in [5.41, 5.74) is 6.42. The van der Waals surface area contributed by atoms with Gasteiger partial charge < -0.3 is 19.9 Å². The van der Waals surface area contributed by atoms with Crippen molar-refractivity contribution in [2.24, 2.45) is 17.1 Å². The summed E-state index contributed by atoms with van der Waals surface area (Å²) in [7, 11) is 1.68. The van der Waals surface area contributed by atoms with E-state index in [1.807, 2.05) is 0 Å². The van der Waals surface area contributed by atoms with Crippen LogP contribution in [0.3, 0.4) is 0 Å². The van der Waals surface area contributed by atoms with Crippen LogP contribution >= 0.6 is 0 Å². The topological polar surface area (TPSA) is 53.7 Å². The van der Waals surface area contributed by atoms with Crippen LogP contribution in [0.1, 0.15) is 46.5 Å². The zero-order valence-corrected chi connectivity index (χ0v) is 13.4. The Morgan fingerprint density at radius 1 is 1.15 bits per heavy atom. The predicted octanol–water partition coefficient (Wildman–Crippen LogP) is 2.35. The van der Waals surface area contributed by atoms with E-state index < -0.39 is 0 Å². The summed E-state index contributed by atoms with van der Waals surface area (Å²) in [6, 6.07) is 0.117. The van der Waals surface area contributed by atoms with Crippen molar-refractivity contribution in [1.82, 2.24) is 0 Å². The van der Waals surface area contributed by atoms with Crippen molar-refractivity contribution in [2.45, 2.75) is 70.8 Å². The summed E-state index contributed by atoms with van der Waals surface area (Å²) < 4.78 is 17.1. The highest BCUT2D eigenvalue weighted by atomic mass is 16.6. The van der Waals surface area contributed by atoms with Gasteiger partial charge in [-0.05, 0) is 37.0 Å². The van der Waals surface area contributed by atoms with Gasteiger partial charge in [0.25, 0.3) is 0 Å². The minimum Gasteiger partial charge on any atom is -0.382 e. The Morgan fingerprint density at radius 3 is 2.50 bits per heavy atom. The fourth-order valence-electron chi connectivity index (χ4n) is 3.86. The second-order valence-corrected chi connectivity index (χ2v) is 7.44. The van der Waals surface area contributed by atoms with Crippen LogP contribution in [0.5, 0.6) is 0 Å². The van der Waals surface area contributed by atoms with Crippen molar-refractivity contribution in [3.8, 4) is 0 Å². The molecule has 0 bridgehead atoms. The molecule has 2 fully saturated rings. The van der Waals surface area contributed by atoms with Crippen LogP contribution in [0, 0.1) is 11.3 Å². The molecular formula is C16H31NO3. The molecule has 5 unspecified atom stereocenters. The van der Waals surface area contributed by atoms with E-state index in [4.69, 9.17) is 19.9 Å². The number of hydrogen-bond donors (Lipinski definition) is 1. The van der Waals surface area contributed by atoms with E-state index in [2.05, 4.69) is 20.8 Å². The molecule has 2 rings (SSSR count). The second-order valence-electron chi connectivity index (χ2n) is 7.44. The lowest BCUT2D eigenvalue weighted by atomic mass is 9.71. The van der Waals surface area contributed by atoms with Gasteiger partial charge in [0.15, 0.2) is 0 Å². The molecule has 0 aromatic carbocycles. The van der Waals surface area contributed by atoms with E-state index in [0.717, 1.165) is 18.8 Å². The molecule has 0 spiro atoms. The molecule has 2 N–H and O–H groups in total. The van der Waals surface area contributed by atoms with Gasteiger partial charge in [-0.25, -0.2) is 0 Å². The smallest absolute Gasteiger partial charge is 0.0989 e. The van der Waals surface area contributed by atoms with Crippen molar-refractivity contribution >= 4 is 0 Å². The Labute approximate surface area is 123 Å². The number of methoxy groups -OCH3 is 1. The molecule has 0 aromatic rings. The molecule has 0 radical (unpaired) electrons. The van der Waals surface area contributed by atoms with Crippen LogP contribution in [0.15, 0.2) is 0 Å². The number of hydrogen-bond acceptors (Lipinski definition) is 4. The summed E-state index contributed by atoms with van der Waals surface area (Å²) in [5, 5.41) is 0. The van der Waals surface area contributed by atoms with E-state index in [9.17, 15) is 0 Å². The fraction of sp³-hybridized carbons (Fsp3) is 1.00. The summed E-state index contributed by atoms with van der Waals surface area (Å²) >= 11 is 0. The van der Waals surface area contributed by atoms with Gasteiger partial charge in [-0.3, -0.25) is 0 Å². The van der Waals surface area contributed by atoms with E-state index >= 15 is 0 Å². The Kier molecular flexibility index (Phi) is 5.46. The molecule has 20 heavy (non-hydrogen) atoms. The summed E-state index contributed by atoms with van der Waals surface area (Å²) in [4.78, 5) is 0. The van der Waals surface area contributed by atoms with Gasteiger partial charge in [0, 0.05) is 13.2 Å². The van der Waals surface area contributed by atoms with Crippen LogP contribution in [0.25, 0.3) is 0 Å². The van der Waals surface area contributed by atoms with E-state index in [0.29, 0.717) is 24.7 Å². The lowest BCUT2D eigenvalue weighted by molar-refractivity contribution is -0.178. The van der Waals surface area contributed by atoms with E-state index in [1.54, 1.807) is 7.11 Å². The third kappa shape index (κ3) is 4.17. The van der Waals surface area contributed by atoms with Crippen LogP contribution in [0.2, 0.25) is 0 Å². The molecule has 4 nitrogen and oxygen atoms in total. The Bertz CT molecular complexity index is 308. The number of rotatable bonds is 6. The molecule has 0 amide bonds. The molecule has 5 atom stereocenters. The van der Waals surface area contributed by atoms with Gasteiger partial charge in [0.1, 0.15) is 0 Å². The molecule has 2 saturated carbocycles. The molecule has 2 aliphatic carbocycles. The van der Waals surface area contributed by atoms with E-state index in [1.165, 1.54) is 12.8 Å². The molecular weight excluding hydrogens is 254 g/mol. The lowest BCUT2D eigenvalue weighted by Crippen LogP contribution is -2.59. The largest absolute Gasteiger partial charge is 0.382 e. The number of ether oxygens (including phenoxy) is 3. The molecule has 0 aliphatic heterocycles. The summed E-state index contributed by atoms with van der Waals surface area (Å²) in [6.07, 6.45) is 5.11. The first-order chi connectivity index (χ1) is 9.41. The zero-order valence-electron chi connectivity index (χ0n) is 13.4. The maximum atomic E-state index is 6.30. The van der Waals surface area contributed by atoms with Crippen LogP contribution in [-0.4, -0.2) is 44.7 Å². The van der Waals surface area contributed by atoms with Crippen LogP contribution in [0.4, 0.5) is 0 Å². The zero-order chi connectivity index (χ0) is 14.8. The van der Waals surface area contributed by atoms with Gasteiger partial charge in [0.2, 0.25) is 0 Å². The first-order valence-electron chi connectivity index (χ1n) is 7.93. The van der Waals surface area contributed by atoms with Gasteiger partial charge in [-0.1, -0.05) is 20.8 Å². The predicted molar refractivity (Wildman–Crippen MR) is 79.7 cm³/mol. The molecule has 0 aromatic heterocycles. The third-order valence-electron chi connectivity index (χ3n) is 4.60. The Balaban J connectivity index is 1.80. The highest BCUT2D eigenvalue weighted by molar-refractivity contribution is 4.96. The Morgan fingerprint density at radius 2 is 1.90 bits per heavy atom.